The fraction of sp³-hybridized carbons (Fsp3) is 0.207. The van der Waals surface area contributed by atoms with Crippen molar-refractivity contribution in [3.63, 3.8) is 0 Å². The van der Waals surface area contributed by atoms with E-state index in [1.807, 2.05) is 54.6 Å². The van der Waals surface area contributed by atoms with E-state index < -0.39 is 11.7 Å². The maximum atomic E-state index is 12.9. The van der Waals surface area contributed by atoms with Gasteiger partial charge in [0.15, 0.2) is 0 Å². The number of benzene rings is 3. The average molecular weight is 534 g/mol. The van der Waals surface area contributed by atoms with Crippen molar-refractivity contribution >= 4 is 17.6 Å². The van der Waals surface area contributed by atoms with Gasteiger partial charge in [0.1, 0.15) is 0 Å². The largest absolute Gasteiger partial charge is 0.416 e. The van der Waals surface area contributed by atoms with Crippen LogP contribution < -0.4 is 15.5 Å². The predicted molar refractivity (Wildman–Crippen MR) is 143 cm³/mol. The van der Waals surface area contributed by atoms with Crippen molar-refractivity contribution in [1.82, 2.24) is 20.4 Å². The van der Waals surface area contributed by atoms with Crippen LogP contribution in [0.25, 0.3) is 28.1 Å². The number of halogens is 3. The molecule has 2 heterocycles. The number of nitrogens with one attached hydrogen (secondary N) is 2. The summed E-state index contributed by atoms with van der Waals surface area (Å²) in [7, 11) is 1.59. The molecule has 0 bridgehead atoms. The van der Waals surface area contributed by atoms with Crippen molar-refractivity contribution in [2.24, 2.45) is 0 Å². The molecule has 1 aromatic heterocycles. The average Bonchev–Trinajstić information content (AvgIpc) is 3.58. The normalized spacial score (nSPS) is 13.4. The molecule has 7 nitrogen and oxygen atoms in total. The second kappa shape index (κ2) is 10.6. The van der Waals surface area contributed by atoms with Crippen molar-refractivity contribution in [2.75, 3.05) is 25.0 Å². The van der Waals surface area contributed by atoms with E-state index in [0.29, 0.717) is 31.5 Å². The second-order valence-corrected chi connectivity index (χ2v) is 9.16. The van der Waals surface area contributed by atoms with Gasteiger partial charge in [0.25, 0.3) is 0 Å². The highest BCUT2D eigenvalue weighted by Gasteiger charge is 2.30. The Morgan fingerprint density at radius 1 is 0.923 bits per heavy atom. The molecule has 10 heteroatoms. The van der Waals surface area contributed by atoms with Crippen LogP contribution in [0.1, 0.15) is 17.7 Å². The van der Waals surface area contributed by atoms with Gasteiger partial charge in [-0.2, -0.15) is 18.3 Å². The van der Waals surface area contributed by atoms with E-state index in [-0.39, 0.29) is 11.9 Å². The van der Waals surface area contributed by atoms with Crippen LogP contribution in [0.3, 0.4) is 0 Å². The SMILES string of the molecule is CNC(=O)CCc1cc(-c2ccc(-c3ccc(C(F)(F)F)cc3)cc2)n(-c2ccc(N3CCNC3=O)cc2)n1. The lowest BCUT2D eigenvalue weighted by Crippen LogP contribution is -2.27. The molecular formula is C29H26F3N5O2. The molecule has 1 aliphatic rings. The number of hydrogen-bond acceptors (Lipinski definition) is 3. The Kier molecular flexibility index (Phi) is 7.10. The summed E-state index contributed by atoms with van der Waals surface area (Å²) in [5.41, 5.74) is 4.73. The Hall–Kier alpha value is -4.60. The molecule has 39 heavy (non-hydrogen) atoms. The number of aryl methyl sites for hydroxylation is 1. The molecule has 0 atom stereocenters. The van der Waals surface area contributed by atoms with E-state index >= 15 is 0 Å². The highest BCUT2D eigenvalue weighted by atomic mass is 19.4. The van der Waals surface area contributed by atoms with E-state index in [1.165, 1.54) is 12.1 Å². The molecular weight excluding hydrogens is 507 g/mol. The van der Waals surface area contributed by atoms with Gasteiger partial charge in [0, 0.05) is 44.2 Å². The Balaban J connectivity index is 1.45. The zero-order valence-electron chi connectivity index (χ0n) is 21.1. The van der Waals surface area contributed by atoms with Crippen LogP contribution in [0.2, 0.25) is 0 Å². The number of amides is 3. The number of nitrogens with zero attached hydrogens (tertiary/aromatic N) is 3. The number of carbonyl (C=O) groups excluding carboxylic acids is 2. The number of carbonyl (C=O) groups is 2. The van der Waals surface area contributed by atoms with Crippen molar-refractivity contribution < 1.29 is 22.8 Å². The Bertz CT molecular complexity index is 1480. The van der Waals surface area contributed by atoms with E-state index in [0.717, 1.165) is 46.0 Å². The predicted octanol–water partition coefficient (Wildman–Crippen LogP) is 5.43. The third-order valence-corrected chi connectivity index (χ3v) is 6.64. The van der Waals surface area contributed by atoms with Crippen LogP contribution in [0, 0.1) is 0 Å². The maximum absolute atomic E-state index is 12.9. The summed E-state index contributed by atoms with van der Waals surface area (Å²) in [6, 6.07) is 21.9. The lowest BCUT2D eigenvalue weighted by atomic mass is 10.0. The molecule has 0 saturated carbocycles. The van der Waals surface area contributed by atoms with Crippen molar-refractivity contribution in [2.45, 2.75) is 19.0 Å². The Morgan fingerprint density at radius 3 is 2.08 bits per heavy atom. The van der Waals surface area contributed by atoms with Crippen LogP contribution in [0.5, 0.6) is 0 Å². The summed E-state index contributed by atoms with van der Waals surface area (Å²) < 4.78 is 40.6. The van der Waals surface area contributed by atoms with Gasteiger partial charge in [-0.3, -0.25) is 9.69 Å². The third kappa shape index (κ3) is 5.64. The number of urea groups is 1. The monoisotopic (exact) mass is 533 g/mol. The topological polar surface area (TPSA) is 79.3 Å². The van der Waals surface area contributed by atoms with Crippen LogP contribution in [0.15, 0.2) is 78.9 Å². The fourth-order valence-electron chi connectivity index (χ4n) is 4.50. The smallest absolute Gasteiger partial charge is 0.359 e. The maximum Gasteiger partial charge on any atom is 0.416 e. The highest BCUT2D eigenvalue weighted by Crippen LogP contribution is 2.32. The van der Waals surface area contributed by atoms with Gasteiger partial charge >= 0.3 is 12.2 Å². The van der Waals surface area contributed by atoms with Crippen molar-refractivity contribution in [1.29, 1.82) is 0 Å². The molecule has 0 radical (unpaired) electrons. The first-order chi connectivity index (χ1) is 18.7. The molecule has 2 N–H and O–H groups in total. The fourth-order valence-corrected chi connectivity index (χ4v) is 4.50. The molecule has 1 aliphatic heterocycles. The number of anilines is 1. The molecule has 1 fully saturated rings. The third-order valence-electron chi connectivity index (χ3n) is 6.64. The van der Waals surface area contributed by atoms with Crippen LogP contribution in [0.4, 0.5) is 23.7 Å². The zero-order valence-corrected chi connectivity index (χ0v) is 21.1. The van der Waals surface area contributed by atoms with Gasteiger partial charge in [0.2, 0.25) is 5.91 Å². The standard InChI is InChI=1S/C29H26F3N5O2/c1-33-27(38)15-10-23-18-26(37(35-23)25-13-11-24(12-14-25)36-17-16-34-28(36)39)21-4-2-19(3-5-21)20-6-8-22(9-7-20)29(30,31)32/h2-9,11-14,18H,10,15-17H2,1H3,(H,33,38)(H,34,39). The van der Waals surface area contributed by atoms with Gasteiger partial charge in [-0.1, -0.05) is 36.4 Å². The molecule has 1 saturated heterocycles. The number of aromatic nitrogens is 2. The Morgan fingerprint density at radius 2 is 1.51 bits per heavy atom. The number of alkyl halides is 3. The molecule has 0 unspecified atom stereocenters. The summed E-state index contributed by atoms with van der Waals surface area (Å²) in [5.74, 6) is -0.0831. The summed E-state index contributed by atoms with van der Waals surface area (Å²) in [5, 5.41) is 10.2. The van der Waals surface area contributed by atoms with Gasteiger partial charge in [0.05, 0.1) is 22.6 Å². The first kappa shape index (κ1) is 26.0. The second-order valence-electron chi connectivity index (χ2n) is 9.16. The van der Waals surface area contributed by atoms with Crippen molar-refractivity contribution in [3.8, 4) is 28.1 Å². The quantitative estimate of drug-likeness (QED) is 0.332. The van der Waals surface area contributed by atoms with E-state index in [2.05, 4.69) is 10.6 Å². The lowest BCUT2D eigenvalue weighted by molar-refractivity contribution is -0.137. The van der Waals surface area contributed by atoms with Gasteiger partial charge in [-0.05, 0) is 53.6 Å². The van der Waals surface area contributed by atoms with E-state index in [1.54, 1.807) is 16.6 Å². The summed E-state index contributed by atoms with van der Waals surface area (Å²) in [6.07, 6.45) is -3.63. The first-order valence-corrected chi connectivity index (χ1v) is 12.5. The molecule has 5 rings (SSSR count). The molecule has 0 spiro atoms. The summed E-state index contributed by atoms with van der Waals surface area (Å²) in [4.78, 5) is 25.5. The van der Waals surface area contributed by atoms with Crippen molar-refractivity contribution in [3.05, 3.63) is 90.1 Å². The summed E-state index contributed by atoms with van der Waals surface area (Å²) >= 11 is 0. The first-order valence-electron chi connectivity index (χ1n) is 12.5. The van der Waals surface area contributed by atoms with E-state index in [4.69, 9.17) is 5.10 Å². The molecule has 200 valence electrons. The molecule has 4 aromatic rings. The van der Waals surface area contributed by atoms with Gasteiger partial charge in [-0.15, -0.1) is 0 Å². The van der Waals surface area contributed by atoms with Crippen LogP contribution in [-0.2, 0) is 17.4 Å². The number of rotatable bonds is 7. The lowest BCUT2D eigenvalue weighted by Gasteiger charge is -2.15. The summed E-state index contributed by atoms with van der Waals surface area (Å²) in [6.45, 7) is 1.20. The minimum atomic E-state index is -4.38. The molecule has 3 amide bonds. The molecule has 3 aromatic carbocycles. The Labute approximate surface area is 223 Å². The minimum absolute atomic E-state index is 0.0831. The van der Waals surface area contributed by atoms with Crippen LogP contribution in [-0.4, -0.2) is 41.9 Å². The van der Waals surface area contributed by atoms with E-state index in [9.17, 15) is 22.8 Å². The van der Waals surface area contributed by atoms with Crippen LogP contribution >= 0.6 is 0 Å². The highest BCUT2D eigenvalue weighted by molar-refractivity contribution is 5.94. The molecule has 0 aliphatic carbocycles. The number of hydrogen-bond donors (Lipinski definition) is 2. The van der Waals surface area contributed by atoms with Gasteiger partial charge < -0.3 is 10.6 Å². The van der Waals surface area contributed by atoms with Gasteiger partial charge in [-0.25, -0.2) is 9.48 Å². The minimum Gasteiger partial charge on any atom is -0.359 e. The zero-order chi connectivity index (χ0) is 27.6.